The third-order valence-corrected chi connectivity index (χ3v) is 5.08. The summed E-state index contributed by atoms with van der Waals surface area (Å²) < 4.78 is 12.9. The Labute approximate surface area is 170 Å². The molecule has 1 amide bonds. The standard InChI is InChI=1S/C23H25N3O3/c1-28-21-17-26(19-11-6-3-7-12-19)24-22(21)23(27)25(16-20-13-8-14-29-20)15-18-9-4-2-5-10-18/h2-7,9-12,17,20H,8,13-16H2,1H3. The van der Waals surface area contributed by atoms with E-state index < -0.39 is 0 Å². The highest BCUT2D eigenvalue weighted by Crippen LogP contribution is 2.23. The number of hydrogen-bond acceptors (Lipinski definition) is 4. The predicted octanol–water partition coefficient (Wildman–Crippen LogP) is 3.70. The van der Waals surface area contributed by atoms with Crippen LogP contribution in [0.3, 0.4) is 0 Å². The minimum atomic E-state index is -0.157. The second-order valence-corrected chi connectivity index (χ2v) is 7.13. The van der Waals surface area contributed by atoms with Gasteiger partial charge in [-0.15, -0.1) is 0 Å². The highest BCUT2D eigenvalue weighted by Gasteiger charge is 2.28. The zero-order valence-corrected chi connectivity index (χ0v) is 16.5. The van der Waals surface area contributed by atoms with E-state index in [1.807, 2.05) is 65.6 Å². The summed E-state index contributed by atoms with van der Waals surface area (Å²) in [6.07, 6.45) is 3.80. The largest absolute Gasteiger partial charge is 0.493 e. The van der Waals surface area contributed by atoms with Crippen LogP contribution in [-0.4, -0.2) is 47.0 Å². The maximum Gasteiger partial charge on any atom is 0.278 e. The maximum absolute atomic E-state index is 13.5. The Bertz CT molecular complexity index is 935. The quantitative estimate of drug-likeness (QED) is 0.616. The topological polar surface area (TPSA) is 56.6 Å². The molecule has 2 aromatic carbocycles. The SMILES string of the molecule is COc1cn(-c2ccccc2)nc1C(=O)N(Cc1ccccc1)CC1CCCO1. The van der Waals surface area contributed by atoms with Crippen LogP contribution in [0.4, 0.5) is 0 Å². The lowest BCUT2D eigenvalue weighted by Crippen LogP contribution is -2.37. The normalized spacial score (nSPS) is 16.0. The summed E-state index contributed by atoms with van der Waals surface area (Å²) in [5.74, 6) is 0.306. The molecule has 29 heavy (non-hydrogen) atoms. The molecular formula is C23H25N3O3. The number of methoxy groups -OCH3 is 1. The molecule has 0 spiro atoms. The van der Waals surface area contributed by atoms with Crippen LogP contribution in [0.25, 0.3) is 5.69 Å². The fourth-order valence-corrected chi connectivity index (χ4v) is 3.58. The molecule has 1 atom stereocenters. The van der Waals surface area contributed by atoms with E-state index >= 15 is 0 Å². The maximum atomic E-state index is 13.5. The molecule has 150 valence electrons. The first-order valence-electron chi connectivity index (χ1n) is 9.88. The van der Waals surface area contributed by atoms with Crippen molar-refractivity contribution in [3.8, 4) is 11.4 Å². The number of nitrogens with zero attached hydrogens (tertiary/aromatic N) is 3. The highest BCUT2D eigenvalue weighted by atomic mass is 16.5. The van der Waals surface area contributed by atoms with Crippen molar-refractivity contribution in [2.24, 2.45) is 0 Å². The van der Waals surface area contributed by atoms with Crippen molar-refractivity contribution >= 4 is 5.91 Å². The third-order valence-electron chi connectivity index (χ3n) is 5.08. The number of aromatic nitrogens is 2. The van der Waals surface area contributed by atoms with E-state index in [0.29, 0.717) is 24.5 Å². The number of hydrogen-bond donors (Lipinski definition) is 0. The van der Waals surface area contributed by atoms with Gasteiger partial charge in [0.15, 0.2) is 11.4 Å². The Morgan fingerprint density at radius 1 is 1.17 bits per heavy atom. The van der Waals surface area contributed by atoms with Gasteiger partial charge >= 0.3 is 0 Å². The average Bonchev–Trinajstić information content (AvgIpc) is 3.44. The molecule has 1 aliphatic heterocycles. The first-order chi connectivity index (χ1) is 14.2. The molecule has 0 radical (unpaired) electrons. The Balaban J connectivity index is 1.63. The van der Waals surface area contributed by atoms with E-state index in [-0.39, 0.29) is 12.0 Å². The Morgan fingerprint density at radius 3 is 2.55 bits per heavy atom. The van der Waals surface area contributed by atoms with Gasteiger partial charge in [0.1, 0.15) is 0 Å². The van der Waals surface area contributed by atoms with Crippen molar-refractivity contribution in [2.75, 3.05) is 20.3 Å². The van der Waals surface area contributed by atoms with E-state index in [1.165, 1.54) is 0 Å². The molecule has 3 aromatic rings. The number of rotatable bonds is 7. The van der Waals surface area contributed by atoms with Gasteiger partial charge in [-0.3, -0.25) is 4.79 Å². The van der Waals surface area contributed by atoms with Gasteiger partial charge in [-0.1, -0.05) is 48.5 Å². The molecule has 1 aliphatic rings. The smallest absolute Gasteiger partial charge is 0.278 e. The van der Waals surface area contributed by atoms with Gasteiger partial charge in [-0.05, 0) is 30.5 Å². The van der Waals surface area contributed by atoms with Crippen molar-refractivity contribution < 1.29 is 14.3 Å². The van der Waals surface area contributed by atoms with E-state index in [9.17, 15) is 4.79 Å². The van der Waals surface area contributed by atoms with E-state index in [0.717, 1.165) is 30.7 Å². The minimum absolute atomic E-state index is 0.0601. The lowest BCUT2D eigenvalue weighted by Gasteiger charge is -2.25. The lowest BCUT2D eigenvalue weighted by atomic mass is 10.1. The zero-order valence-electron chi connectivity index (χ0n) is 16.5. The lowest BCUT2D eigenvalue weighted by molar-refractivity contribution is 0.0500. The molecule has 1 saturated heterocycles. The number of benzene rings is 2. The van der Waals surface area contributed by atoms with Gasteiger partial charge in [0.25, 0.3) is 5.91 Å². The van der Waals surface area contributed by atoms with Crippen LogP contribution in [0, 0.1) is 0 Å². The fourth-order valence-electron chi connectivity index (χ4n) is 3.58. The van der Waals surface area contributed by atoms with Crippen LogP contribution in [0.5, 0.6) is 5.75 Å². The van der Waals surface area contributed by atoms with Crippen LogP contribution >= 0.6 is 0 Å². The number of carbonyl (C=O) groups is 1. The first-order valence-corrected chi connectivity index (χ1v) is 9.88. The monoisotopic (exact) mass is 391 g/mol. The van der Waals surface area contributed by atoms with E-state index in [2.05, 4.69) is 5.10 Å². The summed E-state index contributed by atoms with van der Waals surface area (Å²) in [6, 6.07) is 19.7. The Hall–Kier alpha value is -3.12. The molecule has 1 unspecified atom stereocenters. The van der Waals surface area contributed by atoms with E-state index in [1.54, 1.807) is 18.0 Å². The van der Waals surface area contributed by atoms with Gasteiger partial charge in [0.2, 0.25) is 0 Å². The minimum Gasteiger partial charge on any atom is -0.493 e. The van der Waals surface area contributed by atoms with Crippen molar-refractivity contribution in [1.29, 1.82) is 0 Å². The van der Waals surface area contributed by atoms with E-state index in [4.69, 9.17) is 9.47 Å². The summed E-state index contributed by atoms with van der Waals surface area (Å²) in [5, 5.41) is 4.55. The molecule has 2 heterocycles. The van der Waals surface area contributed by atoms with Gasteiger partial charge in [0.05, 0.1) is 25.1 Å². The molecule has 6 heteroatoms. The van der Waals surface area contributed by atoms with Crippen molar-refractivity contribution in [2.45, 2.75) is 25.5 Å². The number of carbonyl (C=O) groups excluding carboxylic acids is 1. The third kappa shape index (κ3) is 4.49. The van der Waals surface area contributed by atoms with Gasteiger partial charge in [-0.25, -0.2) is 4.68 Å². The Morgan fingerprint density at radius 2 is 1.90 bits per heavy atom. The molecule has 1 aromatic heterocycles. The summed E-state index contributed by atoms with van der Waals surface area (Å²) in [4.78, 5) is 15.3. The van der Waals surface area contributed by atoms with Crippen LogP contribution in [0.2, 0.25) is 0 Å². The second-order valence-electron chi connectivity index (χ2n) is 7.13. The zero-order chi connectivity index (χ0) is 20.1. The second kappa shape index (κ2) is 8.92. The average molecular weight is 391 g/mol. The highest BCUT2D eigenvalue weighted by molar-refractivity contribution is 5.95. The number of amides is 1. The van der Waals surface area contributed by atoms with Crippen molar-refractivity contribution in [1.82, 2.24) is 14.7 Å². The van der Waals surface area contributed by atoms with Crippen LogP contribution in [-0.2, 0) is 11.3 Å². The molecule has 6 nitrogen and oxygen atoms in total. The van der Waals surface area contributed by atoms with Crippen molar-refractivity contribution in [3.63, 3.8) is 0 Å². The van der Waals surface area contributed by atoms with Crippen LogP contribution in [0.15, 0.2) is 66.9 Å². The molecule has 4 rings (SSSR count). The fraction of sp³-hybridized carbons (Fsp3) is 0.304. The van der Waals surface area contributed by atoms with Crippen molar-refractivity contribution in [3.05, 3.63) is 78.1 Å². The Kier molecular flexibility index (Phi) is 5.91. The van der Waals surface area contributed by atoms with Crippen LogP contribution < -0.4 is 4.74 Å². The van der Waals surface area contributed by atoms with Gasteiger partial charge < -0.3 is 14.4 Å². The molecule has 0 aliphatic carbocycles. The molecule has 0 N–H and O–H groups in total. The summed E-state index contributed by atoms with van der Waals surface area (Å²) in [5.41, 5.74) is 2.25. The summed E-state index contributed by atoms with van der Waals surface area (Å²) in [7, 11) is 1.56. The number of para-hydroxylation sites is 1. The van der Waals surface area contributed by atoms with Crippen LogP contribution in [0.1, 0.15) is 28.9 Å². The number of ether oxygens (including phenoxy) is 2. The molecule has 0 bridgehead atoms. The van der Waals surface area contributed by atoms with Gasteiger partial charge in [-0.2, -0.15) is 5.10 Å². The van der Waals surface area contributed by atoms with Gasteiger partial charge in [0, 0.05) is 19.7 Å². The molecule has 0 saturated carbocycles. The summed E-state index contributed by atoms with van der Waals surface area (Å²) in [6.45, 7) is 1.79. The first kappa shape index (κ1) is 19.2. The predicted molar refractivity (Wildman–Crippen MR) is 110 cm³/mol. The molecule has 1 fully saturated rings. The summed E-state index contributed by atoms with van der Waals surface area (Å²) >= 11 is 0. The molecular weight excluding hydrogens is 366 g/mol.